The monoisotopic (exact) mass is 293 g/mol. The molecular weight excluding hydrogens is 282 g/mol. The minimum atomic E-state index is -1.12. The molecule has 2 N–H and O–H groups in total. The summed E-state index contributed by atoms with van der Waals surface area (Å²) >= 11 is 6.12. The number of hydrogen-bond acceptors (Lipinski definition) is 3. The van der Waals surface area contributed by atoms with Gasteiger partial charge in [0, 0.05) is 17.3 Å². The van der Waals surface area contributed by atoms with E-state index in [0.29, 0.717) is 22.9 Å². The van der Waals surface area contributed by atoms with Crippen LogP contribution in [0.4, 0.5) is 0 Å². The van der Waals surface area contributed by atoms with Gasteiger partial charge in [-0.25, -0.2) is 4.79 Å². The summed E-state index contributed by atoms with van der Waals surface area (Å²) in [6.07, 6.45) is 1.15. The van der Waals surface area contributed by atoms with Gasteiger partial charge in [0.25, 0.3) is 5.56 Å². The summed E-state index contributed by atoms with van der Waals surface area (Å²) in [7, 11) is 0. The van der Waals surface area contributed by atoms with E-state index in [1.807, 2.05) is 6.92 Å². The van der Waals surface area contributed by atoms with Crippen LogP contribution < -0.4 is 10.3 Å². The number of pyridine rings is 1. The Bertz CT molecular complexity index is 709. The molecule has 2 rings (SSSR count). The highest BCUT2D eigenvalue weighted by Crippen LogP contribution is 2.29. The molecular formula is C14H12ClNO4. The molecule has 2 aromatic rings. The maximum atomic E-state index is 11.8. The zero-order valence-corrected chi connectivity index (χ0v) is 11.4. The van der Waals surface area contributed by atoms with Gasteiger partial charge in [-0.05, 0) is 31.2 Å². The zero-order chi connectivity index (χ0) is 14.7. The molecule has 0 aliphatic heterocycles. The van der Waals surface area contributed by atoms with Crippen LogP contribution in [0.25, 0.3) is 11.1 Å². The first-order chi connectivity index (χ1) is 9.52. The molecule has 20 heavy (non-hydrogen) atoms. The van der Waals surface area contributed by atoms with Crippen molar-refractivity contribution in [1.29, 1.82) is 0 Å². The summed E-state index contributed by atoms with van der Waals surface area (Å²) < 4.78 is 5.31. The second-order valence-corrected chi connectivity index (χ2v) is 4.42. The van der Waals surface area contributed by atoms with E-state index in [9.17, 15) is 9.59 Å². The van der Waals surface area contributed by atoms with Crippen LogP contribution in [-0.2, 0) is 0 Å². The third kappa shape index (κ3) is 2.83. The number of aromatic amines is 1. The van der Waals surface area contributed by atoms with Crippen LogP contribution in [0.1, 0.15) is 17.3 Å². The fraction of sp³-hybridized carbons (Fsp3) is 0.143. The maximum Gasteiger partial charge on any atom is 0.337 e. The van der Waals surface area contributed by atoms with Crippen molar-refractivity contribution in [3.8, 4) is 16.9 Å². The van der Waals surface area contributed by atoms with Crippen LogP contribution in [0, 0.1) is 0 Å². The summed E-state index contributed by atoms with van der Waals surface area (Å²) in [4.78, 5) is 25.2. The van der Waals surface area contributed by atoms with Crippen molar-refractivity contribution in [3.05, 3.63) is 51.4 Å². The number of carboxylic acid groups (broad SMARTS) is 1. The molecule has 0 atom stereocenters. The van der Waals surface area contributed by atoms with Gasteiger partial charge in [-0.2, -0.15) is 0 Å². The number of hydrogen-bond donors (Lipinski definition) is 2. The molecule has 0 aliphatic carbocycles. The van der Waals surface area contributed by atoms with Gasteiger partial charge in [0.2, 0.25) is 0 Å². The van der Waals surface area contributed by atoms with E-state index in [-0.39, 0.29) is 11.1 Å². The van der Waals surface area contributed by atoms with Crippen molar-refractivity contribution in [3.63, 3.8) is 0 Å². The average Bonchev–Trinajstić information content (AvgIpc) is 2.40. The van der Waals surface area contributed by atoms with Crippen molar-refractivity contribution in [1.82, 2.24) is 4.98 Å². The quantitative estimate of drug-likeness (QED) is 0.908. The van der Waals surface area contributed by atoms with Crippen LogP contribution >= 0.6 is 11.6 Å². The van der Waals surface area contributed by atoms with E-state index in [4.69, 9.17) is 21.4 Å². The van der Waals surface area contributed by atoms with Gasteiger partial charge >= 0.3 is 5.97 Å². The van der Waals surface area contributed by atoms with Gasteiger partial charge in [0.1, 0.15) is 5.75 Å². The van der Waals surface area contributed by atoms with Crippen LogP contribution in [-0.4, -0.2) is 22.7 Å². The van der Waals surface area contributed by atoms with Crippen LogP contribution in [0.2, 0.25) is 5.02 Å². The van der Waals surface area contributed by atoms with Crippen molar-refractivity contribution >= 4 is 17.6 Å². The van der Waals surface area contributed by atoms with E-state index in [1.54, 1.807) is 18.2 Å². The predicted molar refractivity (Wildman–Crippen MR) is 75.6 cm³/mol. The third-order valence-electron chi connectivity index (χ3n) is 2.69. The number of carbonyl (C=O) groups is 1. The standard InChI is InChI=1S/C14H12ClNO4/c1-2-20-9-3-4-10(12(15)6-9)11-5-8(14(18)19)7-16-13(11)17/h3-7H,2H2,1H3,(H,16,17)(H,18,19). The summed E-state index contributed by atoms with van der Waals surface area (Å²) in [6, 6.07) is 6.19. The first-order valence-electron chi connectivity index (χ1n) is 5.91. The Morgan fingerprint density at radius 2 is 2.10 bits per heavy atom. The van der Waals surface area contributed by atoms with Gasteiger partial charge in [-0.15, -0.1) is 0 Å². The Morgan fingerprint density at radius 1 is 1.35 bits per heavy atom. The number of aromatic nitrogens is 1. The first kappa shape index (κ1) is 14.1. The lowest BCUT2D eigenvalue weighted by Crippen LogP contribution is -2.11. The highest BCUT2D eigenvalue weighted by Gasteiger charge is 2.12. The number of nitrogens with one attached hydrogen (secondary N) is 1. The SMILES string of the molecule is CCOc1ccc(-c2cc(C(=O)O)c[nH]c2=O)c(Cl)c1. The molecule has 1 heterocycles. The Labute approximate surface area is 119 Å². The van der Waals surface area contributed by atoms with Gasteiger partial charge in [-0.3, -0.25) is 4.79 Å². The van der Waals surface area contributed by atoms with Gasteiger partial charge in [0.05, 0.1) is 17.2 Å². The highest BCUT2D eigenvalue weighted by molar-refractivity contribution is 6.33. The highest BCUT2D eigenvalue weighted by atomic mass is 35.5. The molecule has 0 fully saturated rings. The molecule has 1 aromatic carbocycles. The molecule has 0 aliphatic rings. The van der Waals surface area contributed by atoms with E-state index in [2.05, 4.69) is 4.98 Å². The Hall–Kier alpha value is -2.27. The van der Waals surface area contributed by atoms with Crippen LogP contribution in [0.3, 0.4) is 0 Å². The number of aromatic carboxylic acids is 1. The number of H-pyrrole nitrogens is 1. The van der Waals surface area contributed by atoms with E-state index >= 15 is 0 Å². The lowest BCUT2D eigenvalue weighted by atomic mass is 10.1. The molecule has 6 heteroatoms. The van der Waals surface area contributed by atoms with E-state index < -0.39 is 11.5 Å². The first-order valence-corrected chi connectivity index (χ1v) is 6.29. The smallest absolute Gasteiger partial charge is 0.337 e. The van der Waals surface area contributed by atoms with Gasteiger partial charge < -0.3 is 14.8 Å². The Morgan fingerprint density at radius 3 is 2.70 bits per heavy atom. The fourth-order valence-electron chi connectivity index (χ4n) is 1.78. The van der Waals surface area contributed by atoms with Gasteiger partial charge in [0.15, 0.2) is 0 Å². The number of benzene rings is 1. The van der Waals surface area contributed by atoms with E-state index in [0.717, 1.165) is 6.20 Å². The third-order valence-corrected chi connectivity index (χ3v) is 3.00. The summed E-state index contributed by atoms with van der Waals surface area (Å²) in [6.45, 7) is 2.35. The molecule has 0 unspecified atom stereocenters. The molecule has 5 nitrogen and oxygen atoms in total. The molecule has 0 saturated heterocycles. The van der Waals surface area contributed by atoms with Crippen molar-refractivity contribution in [2.75, 3.05) is 6.61 Å². The molecule has 0 amide bonds. The van der Waals surface area contributed by atoms with Crippen LogP contribution in [0.5, 0.6) is 5.75 Å². The fourth-order valence-corrected chi connectivity index (χ4v) is 2.05. The maximum absolute atomic E-state index is 11.8. The summed E-state index contributed by atoms with van der Waals surface area (Å²) in [5.41, 5.74) is 0.253. The second-order valence-electron chi connectivity index (χ2n) is 4.01. The normalized spacial score (nSPS) is 10.3. The zero-order valence-electron chi connectivity index (χ0n) is 10.6. The van der Waals surface area contributed by atoms with Crippen molar-refractivity contribution in [2.45, 2.75) is 6.92 Å². The molecule has 0 spiro atoms. The predicted octanol–water partition coefficient (Wildman–Crippen LogP) is 2.79. The summed E-state index contributed by atoms with van der Waals surface area (Å²) in [5, 5.41) is 9.28. The number of rotatable bonds is 4. The Kier molecular flexibility index (Phi) is 4.10. The average molecular weight is 294 g/mol. The van der Waals surface area contributed by atoms with Crippen LogP contribution in [0.15, 0.2) is 35.3 Å². The lowest BCUT2D eigenvalue weighted by Gasteiger charge is -2.08. The molecule has 0 radical (unpaired) electrons. The van der Waals surface area contributed by atoms with Gasteiger partial charge in [-0.1, -0.05) is 11.6 Å². The molecule has 104 valence electrons. The minimum Gasteiger partial charge on any atom is -0.494 e. The molecule has 0 saturated carbocycles. The topological polar surface area (TPSA) is 79.4 Å². The van der Waals surface area contributed by atoms with Crippen molar-refractivity contribution < 1.29 is 14.6 Å². The Balaban J connectivity index is 2.53. The number of ether oxygens (including phenoxy) is 1. The number of halogens is 1. The molecule has 0 bridgehead atoms. The lowest BCUT2D eigenvalue weighted by molar-refractivity contribution is 0.0696. The molecule has 1 aromatic heterocycles. The largest absolute Gasteiger partial charge is 0.494 e. The number of carboxylic acids is 1. The van der Waals surface area contributed by atoms with E-state index in [1.165, 1.54) is 6.07 Å². The minimum absolute atomic E-state index is 0.00967. The summed E-state index contributed by atoms with van der Waals surface area (Å²) in [5.74, 6) is -0.531. The van der Waals surface area contributed by atoms with Crippen molar-refractivity contribution in [2.24, 2.45) is 0 Å². The second kappa shape index (κ2) is 5.79.